The van der Waals surface area contributed by atoms with Crippen molar-refractivity contribution in [1.29, 1.82) is 0 Å². The van der Waals surface area contributed by atoms with E-state index in [1.807, 2.05) is 42.5 Å². The Hall–Kier alpha value is -1.36. The van der Waals surface area contributed by atoms with Crippen molar-refractivity contribution in [2.24, 2.45) is 0 Å². The lowest BCUT2D eigenvalue weighted by atomic mass is 10.1. The summed E-state index contributed by atoms with van der Waals surface area (Å²) in [5.41, 5.74) is 2.33. The van der Waals surface area contributed by atoms with Gasteiger partial charge in [-0.3, -0.25) is 0 Å². The molecule has 0 saturated carbocycles. The number of ketones is 1. The fraction of sp³-hybridized carbons (Fsp3) is 0.235. The quantitative estimate of drug-likeness (QED) is 0.695. The van der Waals surface area contributed by atoms with E-state index in [0.29, 0.717) is 13.0 Å². The van der Waals surface area contributed by atoms with Gasteiger partial charge in [0, 0.05) is 6.42 Å². The van der Waals surface area contributed by atoms with Crippen molar-refractivity contribution in [3.8, 4) is 5.75 Å². The smallest absolute Gasteiger partial charge is 0.133 e. The number of benzene rings is 2. The predicted octanol–water partition coefficient (Wildman–Crippen LogP) is 4.39. The highest BCUT2D eigenvalue weighted by atomic mass is 127. The number of carbonyl (C=O) groups excluding carboxylic acids is 1. The van der Waals surface area contributed by atoms with Crippen molar-refractivity contribution in [2.75, 3.05) is 0 Å². The standard InChI is InChI=1S/C17H17IO2/c1-13(19)7-8-14-9-10-17(16(18)11-14)20-12-15-5-3-2-4-6-15/h2-6,9-11H,7-8,12H2,1H3. The molecule has 0 amide bonds. The molecule has 20 heavy (non-hydrogen) atoms. The Morgan fingerprint density at radius 2 is 1.85 bits per heavy atom. The van der Waals surface area contributed by atoms with Crippen LogP contribution in [0.1, 0.15) is 24.5 Å². The van der Waals surface area contributed by atoms with Gasteiger partial charge in [0.15, 0.2) is 0 Å². The summed E-state index contributed by atoms with van der Waals surface area (Å²) in [4.78, 5) is 11.0. The Bertz CT molecular complexity index is 579. The summed E-state index contributed by atoms with van der Waals surface area (Å²) in [6.45, 7) is 2.20. The topological polar surface area (TPSA) is 26.3 Å². The lowest BCUT2D eigenvalue weighted by molar-refractivity contribution is -0.116. The second-order valence-corrected chi connectivity index (χ2v) is 5.90. The van der Waals surface area contributed by atoms with Crippen LogP contribution in [0.15, 0.2) is 48.5 Å². The maximum absolute atomic E-state index is 11.0. The monoisotopic (exact) mass is 380 g/mol. The molecular formula is C17H17IO2. The molecular weight excluding hydrogens is 363 g/mol. The highest BCUT2D eigenvalue weighted by molar-refractivity contribution is 14.1. The van der Waals surface area contributed by atoms with Crippen LogP contribution in [0.3, 0.4) is 0 Å². The summed E-state index contributed by atoms with van der Waals surface area (Å²) in [5, 5.41) is 0. The van der Waals surface area contributed by atoms with Gasteiger partial charge in [-0.25, -0.2) is 0 Å². The van der Waals surface area contributed by atoms with E-state index in [1.54, 1.807) is 6.92 Å². The van der Waals surface area contributed by atoms with Gasteiger partial charge in [-0.1, -0.05) is 36.4 Å². The molecule has 0 N–H and O–H groups in total. The summed E-state index contributed by atoms with van der Waals surface area (Å²) in [5.74, 6) is 1.12. The summed E-state index contributed by atoms with van der Waals surface area (Å²) in [6.07, 6.45) is 1.39. The van der Waals surface area contributed by atoms with Crippen LogP contribution >= 0.6 is 22.6 Å². The number of halogens is 1. The highest BCUT2D eigenvalue weighted by Crippen LogP contribution is 2.23. The first-order valence-electron chi connectivity index (χ1n) is 6.60. The van der Waals surface area contributed by atoms with Crippen LogP contribution in [0, 0.1) is 3.57 Å². The predicted molar refractivity (Wildman–Crippen MR) is 88.9 cm³/mol. The van der Waals surface area contributed by atoms with Crippen LogP contribution in [-0.4, -0.2) is 5.78 Å². The lowest BCUT2D eigenvalue weighted by Gasteiger charge is -2.10. The molecule has 0 atom stereocenters. The zero-order chi connectivity index (χ0) is 14.4. The fourth-order valence-electron chi connectivity index (χ4n) is 1.87. The van der Waals surface area contributed by atoms with E-state index in [9.17, 15) is 4.79 Å². The van der Waals surface area contributed by atoms with Crippen molar-refractivity contribution in [3.05, 3.63) is 63.2 Å². The van der Waals surface area contributed by atoms with Gasteiger partial charge in [-0.05, 0) is 59.2 Å². The van der Waals surface area contributed by atoms with E-state index in [4.69, 9.17) is 4.74 Å². The number of carbonyl (C=O) groups is 1. The maximum Gasteiger partial charge on any atom is 0.133 e. The minimum Gasteiger partial charge on any atom is -0.488 e. The third-order valence-corrected chi connectivity index (χ3v) is 3.84. The normalized spacial score (nSPS) is 10.3. The molecule has 2 aromatic rings. The molecule has 0 aliphatic carbocycles. The first kappa shape index (κ1) is 15.0. The maximum atomic E-state index is 11.0. The van der Waals surface area contributed by atoms with Crippen LogP contribution < -0.4 is 4.74 Å². The molecule has 0 radical (unpaired) electrons. The molecule has 0 aliphatic heterocycles. The third kappa shape index (κ3) is 4.63. The first-order valence-corrected chi connectivity index (χ1v) is 7.67. The second-order valence-electron chi connectivity index (χ2n) is 4.74. The minimum absolute atomic E-state index is 0.226. The van der Waals surface area contributed by atoms with Gasteiger partial charge >= 0.3 is 0 Å². The molecule has 2 aromatic carbocycles. The van der Waals surface area contributed by atoms with Gasteiger partial charge in [0.05, 0.1) is 3.57 Å². The Kier molecular flexibility index (Phi) is 5.59. The van der Waals surface area contributed by atoms with Gasteiger partial charge in [-0.15, -0.1) is 0 Å². The molecule has 0 heterocycles. The Morgan fingerprint density at radius 1 is 1.10 bits per heavy atom. The zero-order valence-electron chi connectivity index (χ0n) is 11.4. The summed E-state index contributed by atoms with van der Waals surface area (Å²) in [7, 11) is 0. The number of hydrogen-bond acceptors (Lipinski definition) is 2. The van der Waals surface area contributed by atoms with E-state index in [2.05, 4.69) is 28.7 Å². The van der Waals surface area contributed by atoms with Crippen LogP contribution in [0.4, 0.5) is 0 Å². The van der Waals surface area contributed by atoms with Crippen molar-refractivity contribution >= 4 is 28.4 Å². The average Bonchev–Trinajstić information content (AvgIpc) is 2.45. The highest BCUT2D eigenvalue weighted by Gasteiger charge is 2.04. The molecule has 2 nitrogen and oxygen atoms in total. The molecule has 2 rings (SSSR count). The van der Waals surface area contributed by atoms with Crippen molar-refractivity contribution in [3.63, 3.8) is 0 Å². The number of aryl methyl sites for hydroxylation is 1. The number of ether oxygens (including phenoxy) is 1. The molecule has 0 saturated heterocycles. The molecule has 3 heteroatoms. The average molecular weight is 380 g/mol. The van der Waals surface area contributed by atoms with Gasteiger partial charge in [-0.2, -0.15) is 0 Å². The van der Waals surface area contributed by atoms with E-state index in [1.165, 1.54) is 5.56 Å². The Morgan fingerprint density at radius 3 is 2.50 bits per heavy atom. The van der Waals surface area contributed by atoms with Gasteiger partial charge < -0.3 is 9.53 Å². The fourth-order valence-corrected chi connectivity index (χ4v) is 2.61. The van der Waals surface area contributed by atoms with E-state index in [0.717, 1.165) is 21.3 Å². The van der Waals surface area contributed by atoms with Crippen molar-refractivity contribution in [2.45, 2.75) is 26.4 Å². The molecule has 0 spiro atoms. The molecule has 0 bridgehead atoms. The van der Waals surface area contributed by atoms with Crippen LogP contribution in [-0.2, 0) is 17.8 Å². The minimum atomic E-state index is 0.226. The van der Waals surface area contributed by atoms with Crippen molar-refractivity contribution < 1.29 is 9.53 Å². The Balaban J connectivity index is 1.97. The van der Waals surface area contributed by atoms with E-state index in [-0.39, 0.29) is 5.78 Å². The summed E-state index contributed by atoms with van der Waals surface area (Å²) in [6, 6.07) is 16.2. The lowest BCUT2D eigenvalue weighted by Crippen LogP contribution is -1.98. The molecule has 0 aliphatic rings. The SMILES string of the molecule is CC(=O)CCc1ccc(OCc2ccccc2)c(I)c1. The van der Waals surface area contributed by atoms with E-state index >= 15 is 0 Å². The number of hydrogen-bond donors (Lipinski definition) is 0. The Labute approximate surface area is 133 Å². The molecule has 0 fully saturated rings. The summed E-state index contributed by atoms with van der Waals surface area (Å²) >= 11 is 2.28. The number of rotatable bonds is 6. The molecule has 0 aromatic heterocycles. The van der Waals surface area contributed by atoms with Gasteiger partial charge in [0.25, 0.3) is 0 Å². The zero-order valence-corrected chi connectivity index (χ0v) is 13.6. The number of Topliss-reactive ketones (excluding diaryl/α,β-unsaturated/α-hetero) is 1. The molecule has 0 unspecified atom stereocenters. The van der Waals surface area contributed by atoms with Crippen LogP contribution in [0.25, 0.3) is 0 Å². The van der Waals surface area contributed by atoms with E-state index < -0.39 is 0 Å². The third-order valence-electron chi connectivity index (χ3n) is 3.00. The van der Waals surface area contributed by atoms with Crippen LogP contribution in [0.2, 0.25) is 0 Å². The second kappa shape index (κ2) is 7.43. The van der Waals surface area contributed by atoms with Gasteiger partial charge in [0.1, 0.15) is 18.1 Å². The summed E-state index contributed by atoms with van der Waals surface area (Å²) < 4.78 is 6.91. The van der Waals surface area contributed by atoms with Crippen LogP contribution in [0.5, 0.6) is 5.75 Å². The van der Waals surface area contributed by atoms with Gasteiger partial charge in [0.2, 0.25) is 0 Å². The van der Waals surface area contributed by atoms with Crippen molar-refractivity contribution in [1.82, 2.24) is 0 Å². The molecule has 104 valence electrons. The first-order chi connectivity index (χ1) is 9.65. The largest absolute Gasteiger partial charge is 0.488 e.